The van der Waals surface area contributed by atoms with Gasteiger partial charge in [0.05, 0.1) is 11.4 Å². The topological polar surface area (TPSA) is 88.8 Å². The van der Waals surface area contributed by atoms with Crippen molar-refractivity contribution in [2.24, 2.45) is 0 Å². The van der Waals surface area contributed by atoms with Crippen molar-refractivity contribution in [1.82, 2.24) is 24.7 Å². The average Bonchev–Trinajstić information content (AvgIpc) is 3.25. The van der Waals surface area contributed by atoms with Crippen molar-refractivity contribution in [2.75, 3.05) is 16.8 Å². The number of anilines is 3. The fourth-order valence-electron chi connectivity index (χ4n) is 4.18. The second-order valence-corrected chi connectivity index (χ2v) is 8.14. The fraction of sp³-hybridized carbons (Fsp3) is 0.381. The first kappa shape index (κ1) is 17.8. The molecule has 3 aromatic heterocycles. The van der Waals surface area contributed by atoms with Crippen LogP contribution in [0, 0.1) is 20.8 Å². The van der Waals surface area contributed by atoms with Gasteiger partial charge in [0, 0.05) is 54.2 Å². The predicted molar refractivity (Wildman–Crippen MR) is 110 cm³/mol. The quantitative estimate of drug-likeness (QED) is 0.740. The van der Waals surface area contributed by atoms with Gasteiger partial charge in [-0.25, -0.2) is 14.6 Å². The molecule has 1 saturated carbocycles. The van der Waals surface area contributed by atoms with Crippen LogP contribution in [0.15, 0.2) is 24.4 Å². The lowest BCUT2D eigenvalue weighted by atomic mass is 10.0. The number of aromatic nitrogens is 5. The number of carbonyl (C=O) groups is 1. The number of nitrogens with zero attached hydrogens (tertiary/aromatic N) is 6. The largest absolute Gasteiger partial charge is 0.325 e. The normalized spacial score (nSPS) is 16.2. The minimum absolute atomic E-state index is 0.132. The highest BCUT2D eigenvalue weighted by molar-refractivity contribution is 5.89. The van der Waals surface area contributed by atoms with Crippen molar-refractivity contribution in [2.45, 2.75) is 46.0 Å². The Hall–Kier alpha value is -3.29. The molecule has 0 saturated heterocycles. The van der Waals surface area contributed by atoms with E-state index in [4.69, 9.17) is 4.98 Å². The molecule has 0 bridgehead atoms. The van der Waals surface area contributed by atoms with Crippen LogP contribution in [0.5, 0.6) is 0 Å². The SMILES string of the molecule is CC(=O)Nc1cc2c(cn1)C1(CC1)CN2c1cc(C)nc(-n2nc(C)cc2C)n1. The van der Waals surface area contributed by atoms with Crippen molar-refractivity contribution >= 4 is 23.2 Å². The van der Waals surface area contributed by atoms with Crippen LogP contribution in [0.3, 0.4) is 0 Å². The van der Waals surface area contributed by atoms with E-state index in [9.17, 15) is 4.79 Å². The van der Waals surface area contributed by atoms with Gasteiger partial charge in [-0.15, -0.1) is 0 Å². The molecule has 1 aliphatic carbocycles. The number of nitrogens with one attached hydrogen (secondary N) is 1. The molecule has 1 spiro atoms. The highest BCUT2D eigenvalue weighted by atomic mass is 16.1. The first-order chi connectivity index (χ1) is 13.8. The third-order valence-corrected chi connectivity index (χ3v) is 5.67. The molecule has 4 heterocycles. The molecule has 8 nitrogen and oxygen atoms in total. The van der Waals surface area contributed by atoms with Gasteiger partial charge < -0.3 is 10.2 Å². The van der Waals surface area contributed by atoms with Gasteiger partial charge in [0.1, 0.15) is 11.6 Å². The Balaban J connectivity index is 1.60. The molecule has 5 rings (SSSR count). The smallest absolute Gasteiger partial charge is 0.252 e. The first-order valence-electron chi connectivity index (χ1n) is 9.80. The van der Waals surface area contributed by atoms with Gasteiger partial charge in [0.2, 0.25) is 5.91 Å². The van der Waals surface area contributed by atoms with E-state index in [-0.39, 0.29) is 11.3 Å². The monoisotopic (exact) mass is 389 g/mol. The summed E-state index contributed by atoms with van der Waals surface area (Å²) < 4.78 is 1.78. The van der Waals surface area contributed by atoms with E-state index in [1.165, 1.54) is 12.5 Å². The third-order valence-electron chi connectivity index (χ3n) is 5.67. The Kier molecular flexibility index (Phi) is 3.74. The lowest BCUT2D eigenvalue weighted by Crippen LogP contribution is -2.21. The minimum Gasteiger partial charge on any atom is -0.325 e. The van der Waals surface area contributed by atoms with E-state index < -0.39 is 0 Å². The van der Waals surface area contributed by atoms with Gasteiger partial charge in [0.25, 0.3) is 5.95 Å². The molecule has 29 heavy (non-hydrogen) atoms. The maximum absolute atomic E-state index is 11.5. The van der Waals surface area contributed by atoms with E-state index in [2.05, 4.69) is 25.3 Å². The van der Waals surface area contributed by atoms with E-state index in [0.717, 1.165) is 48.0 Å². The molecule has 3 aromatic rings. The first-order valence-corrected chi connectivity index (χ1v) is 9.80. The highest BCUT2D eigenvalue weighted by Crippen LogP contribution is 2.58. The van der Waals surface area contributed by atoms with Gasteiger partial charge >= 0.3 is 0 Å². The Morgan fingerprint density at radius 3 is 2.55 bits per heavy atom. The zero-order valence-electron chi connectivity index (χ0n) is 17.0. The van der Waals surface area contributed by atoms with Crippen LogP contribution in [-0.4, -0.2) is 37.2 Å². The Labute approximate surface area is 169 Å². The maximum atomic E-state index is 11.5. The lowest BCUT2D eigenvalue weighted by molar-refractivity contribution is -0.114. The molecule has 148 valence electrons. The summed E-state index contributed by atoms with van der Waals surface area (Å²) in [5.74, 6) is 1.83. The van der Waals surface area contributed by atoms with Crippen LogP contribution in [-0.2, 0) is 10.2 Å². The maximum Gasteiger partial charge on any atom is 0.252 e. The molecule has 1 aliphatic heterocycles. The molecule has 8 heteroatoms. The molecule has 1 fully saturated rings. The second kappa shape index (κ2) is 6.10. The number of hydrogen-bond donors (Lipinski definition) is 1. The van der Waals surface area contributed by atoms with Crippen molar-refractivity contribution in [1.29, 1.82) is 0 Å². The minimum atomic E-state index is -0.132. The number of amides is 1. The average molecular weight is 389 g/mol. The molecule has 0 atom stereocenters. The summed E-state index contributed by atoms with van der Waals surface area (Å²) >= 11 is 0. The molecular formula is C21H23N7O. The third kappa shape index (κ3) is 2.95. The van der Waals surface area contributed by atoms with Crippen molar-refractivity contribution in [3.63, 3.8) is 0 Å². The predicted octanol–water partition coefficient (Wildman–Crippen LogP) is 3.12. The summed E-state index contributed by atoms with van der Waals surface area (Å²) in [5, 5.41) is 7.33. The van der Waals surface area contributed by atoms with Crippen molar-refractivity contribution < 1.29 is 4.79 Å². The van der Waals surface area contributed by atoms with Gasteiger partial charge in [-0.3, -0.25) is 4.79 Å². The van der Waals surface area contributed by atoms with Crippen LogP contribution in [0.4, 0.5) is 17.3 Å². The molecule has 2 aliphatic rings. The van der Waals surface area contributed by atoms with Crippen molar-refractivity contribution in [3.05, 3.63) is 47.0 Å². The van der Waals surface area contributed by atoms with Crippen LogP contribution in [0.1, 0.15) is 42.4 Å². The Morgan fingerprint density at radius 1 is 1.10 bits per heavy atom. The molecule has 1 N–H and O–H groups in total. The Morgan fingerprint density at radius 2 is 1.90 bits per heavy atom. The molecular weight excluding hydrogens is 366 g/mol. The summed E-state index contributed by atoms with van der Waals surface area (Å²) in [6, 6.07) is 5.96. The number of hydrogen-bond acceptors (Lipinski definition) is 6. The lowest BCUT2D eigenvalue weighted by Gasteiger charge is -2.20. The van der Waals surface area contributed by atoms with Crippen molar-refractivity contribution in [3.8, 4) is 5.95 Å². The number of rotatable bonds is 3. The van der Waals surface area contributed by atoms with Crippen LogP contribution in [0.2, 0.25) is 0 Å². The molecule has 0 radical (unpaired) electrons. The molecule has 1 amide bonds. The summed E-state index contributed by atoms with van der Waals surface area (Å²) in [4.78, 5) is 27.6. The zero-order valence-corrected chi connectivity index (χ0v) is 17.0. The van der Waals surface area contributed by atoms with Crippen LogP contribution in [0.25, 0.3) is 5.95 Å². The van der Waals surface area contributed by atoms with Gasteiger partial charge in [0.15, 0.2) is 0 Å². The summed E-state index contributed by atoms with van der Waals surface area (Å²) in [5.41, 5.74) is 5.25. The van der Waals surface area contributed by atoms with E-state index in [1.54, 1.807) is 4.68 Å². The summed E-state index contributed by atoms with van der Waals surface area (Å²) in [6.45, 7) is 8.29. The van der Waals surface area contributed by atoms with Gasteiger partial charge in [-0.05, 0) is 39.7 Å². The fourth-order valence-corrected chi connectivity index (χ4v) is 4.18. The van der Waals surface area contributed by atoms with E-state index in [1.807, 2.05) is 45.2 Å². The number of fused-ring (bicyclic) bond motifs is 2. The number of aryl methyl sites for hydroxylation is 3. The Bertz CT molecular complexity index is 1150. The number of carbonyl (C=O) groups excluding carboxylic acids is 1. The second-order valence-electron chi connectivity index (χ2n) is 8.14. The molecule has 0 aromatic carbocycles. The summed E-state index contributed by atoms with van der Waals surface area (Å²) in [6.07, 6.45) is 4.20. The summed E-state index contributed by atoms with van der Waals surface area (Å²) in [7, 11) is 0. The van der Waals surface area contributed by atoms with Gasteiger partial charge in [-0.2, -0.15) is 10.1 Å². The van der Waals surface area contributed by atoms with Crippen LogP contribution < -0.4 is 10.2 Å². The van der Waals surface area contributed by atoms with Crippen LogP contribution >= 0.6 is 0 Å². The number of pyridine rings is 1. The van der Waals surface area contributed by atoms with E-state index in [0.29, 0.717) is 11.8 Å². The highest BCUT2D eigenvalue weighted by Gasteiger charge is 2.52. The van der Waals surface area contributed by atoms with Gasteiger partial charge in [-0.1, -0.05) is 0 Å². The van der Waals surface area contributed by atoms with E-state index >= 15 is 0 Å². The standard InChI is InChI=1S/C21H23N7O/c1-12-8-19(25-20(23-12)28-14(3)7-13(2)26-28)27-11-21(5-6-21)16-10-22-18(9-17(16)27)24-15(4)29/h7-10H,5-6,11H2,1-4H3,(H,22,24,29). The molecule has 0 unspecified atom stereocenters. The zero-order chi connectivity index (χ0) is 20.3.